The summed E-state index contributed by atoms with van der Waals surface area (Å²) in [5.74, 6) is 2.34. The van der Waals surface area contributed by atoms with Gasteiger partial charge in [0, 0.05) is 36.3 Å². The van der Waals surface area contributed by atoms with Crippen LogP contribution in [0.4, 0.5) is 11.6 Å². The predicted molar refractivity (Wildman–Crippen MR) is 80.5 cm³/mol. The molecule has 0 unspecified atom stereocenters. The number of nitrogen functional groups attached to an aromatic ring is 1. The zero-order valence-corrected chi connectivity index (χ0v) is 12.7. The van der Waals surface area contributed by atoms with E-state index in [1.807, 2.05) is 31.8 Å². The lowest BCUT2D eigenvalue weighted by molar-refractivity contribution is 0.738. The lowest BCUT2D eigenvalue weighted by atomic mass is 10.2. The van der Waals surface area contributed by atoms with Crippen LogP contribution in [0.15, 0.2) is 6.20 Å². The van der Waals surface area contributed by atoms with Crippen LogP contribution in [0.1, 0.15) is 42.4 Å². The Morgan fingerprint density at radius 3 is 2.55 bits per heavy atom. The Balaban J connectivity index is 2.23. The highest BCUT2D eigenvalue weighted by Gasteiger charge is 2.12. The van der Waals surface area contributed by atoms with E-state index in [0.29, 0.717) is 12.4 Å². The van der Waals surface area contributed by atoms with E-state index in [0.717, 1.165) is 28.5 Å². The largest absolute Gasteiger partial charge is 0.383 e. The van der Waals surface area contributed by atoms with Gasteiger partial charge in [0.25, 0.3) is 0 Å². The molecule has 2 aromatic rings. The first-order valence-corrected chi connectivity index (χ1v) is 6.75. The first-order chi connectivity index (χ1) is 9.40. The molecule has 0 aliphatic carbocycles. The number of aryl methyl sites for hydroxylation is 1. The molecular weight excluding hydrogens is 252 g/mol. The molecule has 108 valence electrons. The average molecular weight is 274 g/mol. The third-order valence-electron chi connectivity index (χ3n) is 3.50. The second-order valence-electron chi connectivity index (χ2n) is 5.33. The molecule has 2 aromatic heterocycles. The molecule has 6 nitrogen and oxygen atoms in total. The van der Waals surface area contributed by atoms with Gasteiger partial charge in [-0.3, -0.25) is 4.68 Å². The van der Waals surface area contributed by atoms with Gasteiger partial charge in [-0.15, -0.1) is 0 Å². The second kappa shape index (κ2) is 5.48. The van der Waals surface area contributed by atoms with Crippen molar-refractivity contribution in [2.24, 2.45) is 7.05 Å². The Hall–Kier alpha value is -2.11. The Bertz CT molecular complexity index is 614. The van der Waals surface area contributed by atoms with Crippen LogP contribution in [-0.2, 0) is 13.6 Å². The molecule has 0 bridgehead atoms. The number of nitrogens with zero attached hydrogens (tertiary/aromatic N) is 4. The van der Waals surface area contributed by atoms with Crippen LogP contribution in [0.2, 0.25) is 0 Å². The van der Waals surface area contributed by atoms with Gasteiger partial charge in [0.1, 0.15) is 17.5 Å². The molecule has 2 heterocycles. The minimum absolute atomic E-state index is 0.249. The molecule has 6 heteroatoms. The quantitative estimate of drug-likeness (QED) is 0.892. The number of rotatable bonds is 4. The Morgan fingerprint density at radius 2 is 2.00 bits per heavy atom. The van der Waals surface area contributed by atoms with Crippen LogP contribution < -0.4 is 11.1 Å². The molecule has 0 saturated carbocycles. The smallest absolute Gasteiger partial charge is 0.135 e. The van der Waals surface area contributed by atoms with Crippen LogP contribution >= 0.6 is 0 Å². The average Bonchev–Trinajstić information content (AvgIpc) is 2.71. The summed E-state index contributed by atoms with van der Waals surface area (Å²) in [4.78, 5) is 8.87. The molecule has 20 heavy (non-hydrogen) atoms. The van der Waals surface area contributed by atoms with Crippen LogP contribution in [-0.4, -0.2) is 19.7 Å². The number of nitrogens with two attached hydrogens (primary N) is 1. The van der Waals surface area contributed by atoms with Gasteiger partial charge in [-0.25, -0.2) is 9.97 Å². The molecule has 0 amide bonds. The summed E-state index contributed by atoms with van der Waals surface area (Å²) in [6.07, 6.45) is 1.87. The zero-order valence-electron chi connectivity index (χ0n) is 12.7. The number of anilines is 2. The van der Waals surface area contributed by atoms with Crippen molar-refractivity contribution in [3.05, 3.63) is 28.8 Å². The molecule has 0 aliphatic heterocycles. The predicted octanol–water partition coefficient (Wildman–Crippen LogP) is 2.14. The van der Waals surface area contributed by atoms with Crippen LogP contribution in [0, 0.1) is 13.8 Å². The third-order valence-corrected chi connectivity index (χ3v) is 3.50. The van der Waals surface area contributed by atoms with Gasteiger partial charge in [-0.2, -0.15) is 5.10 Å². The lowest BCUT2D eigenvalue weighted by Gasteiger charge is -2.13. The molecule has 0 aromatic carbocycles. The van der Waals surface area contributed by atoms with Gasteiger partial charge >= 0.3 is 0 Å². The molecule has 3 N–H and O–H groups in total. The monoisotopic (exact) mass is 274 g/mol. The highest BCUT2D eigenvalue weighted by molar-refractivity contribution is 5.55. The van der Waals surface area contributed by atoms with E-state index in [1.54, 1.807) is 0 Å². The summed E-state index contributed by atoms with van der Waals surface area (Å²) in [6.45, 7) is 8.76. The van der Waals surface area contributed by atoms with E-state index >= 15 is 0 Å². The standard InChI is InChI=1S/C14H22N6/c1-8(2)13-18-12(15)9(3)14(19-13)16-6-11-7-17-20(5)10(11)4/h7-8H,6H2,1-5H3,(H3,15,16,18,19). The van der Waals surface area contributed by atoms with E-state index < -0.39 is 0 Å². The fourth-order valence-electron chi connectivity index (χ4n) is 1.88. The maximum absolute atomic E-state index is 5.95. The fraction of sp³-hybridized carbons (Fsp3) is 0.500. The first kappa shape index (κ1) is 14.3. The highest BCUT2D eigenvalue weighted by atomic mass is 15.3. The zero-order chi connectivity index (χ0) is 14.9. The van der Waals surface area contributed by atoms with Crippen LogP contribution in [0.3, 0.4) is 0 Å². The van der Waals surface area contributed by atoms with Crippen molar-refractivity contribution in [2.75, 3.05) is 11.1 Å². The maximum atomic E-state index is 5.95. The minimum Gasteiger partial charge on any atom is -0.383 e. The Morgan fingerprint density at radius 1 is 1.30 bits per heavy atom. The minimum atomic E-state index is 0.249. The molecule has 0 radical (unpaired) electrons. The maximum Gasteiger partial charge on any atom is 0.135 e. The highest BCUT2D eigenvalue weighted by Crippen LogP contribution is 2.21. The topological polar surface area (TPSA) is 81.7 Å². The summed E-state index contributed by atoms with van der Waals surface area (Å²) in [6, 6.07) is 0. The van der Waals surface area contributed by atoms with Gasteiger partial charge < -0.3 is 11.1 Å². The molecule has 0 aliphatic rings. The summed E-state index contributed by atoms with van der Waals surface area (Å²) >= 11 is 0. The van der Waals surface area contributed by atoms with Crippen molar-refractivity contribution in [3.63, 3.8) is 0 Å². The van der Waals surface area contributed by atoms with Crippen molar-refractivity contribution < 1.29 is 0 Å². The number of aromatic nitrogens is 4. The summed E-state index contributed by atoms with van der Waals surface area (Å²) < 4.78 is 1.86. The molecule has 0 saturated heterocycles. The van der Waals surface area contributed by atoms with Crippen molar-refractivity contribution in [2.45, 2.75) is 40.2 Å². The van der Waals surface area contributed by atoms with E-state index in [4.69, 9.17) is 5.73 Å². The van der Waals surface area contributed by atoms with Gasteiger partial charge in [-0.05, 0) is 13.8 Å². The SMILES string of the molecule is Cc1c(N)nc(C(C)C)nc1NCc1cnn(C)c1C. The van der Waals surface area contributed by atoms with Crippen molar-refractivity contribution in [1.82, 2.24) is 19.7 Å². The summed E-state index contributed by atoms with van der Waals surface area (Å²) in [5.41, 5.74) is 9.13. The van der Waals surface area contributed by atoms with Crippen LogP contribution in [0.5, 0.6) is 0 Å². The fourth-order valence-corrected chi connectivity index (χ4v) is 1.88. The van der Waals surface area contributed by atoms with E-state index in [-0.39, 0.29) is 5.92 Å². The van der Waals surface area contributed by atoms with E-state index in [2.05, 4.69) is 34.2 Å². The van der Waals surface area contributed by atoms with Gasteiger partial charge in [0.15, 0.2) is 0 Å². The third kappa shape index (κ3) is 2.74. The van der Waals surface area contributed by atoms with Gasteiger partial charge in [0.05, 0.1) is 6.20 Å². The molecule has 2 rings (SSSR count). The molecule has 0 fully saturated rings. The number of nitrogens with one attached hydrogen (secondary N) is 1. The molecular formula is C14H22N6. The Kier molecular flexibility index (Phi) is 3.92. The Labute approximate surface area is 119 Å². The normalized spacial score (nSPS) is 11.1. The van der Waals surface area contributed by atoms with Gasteiger partial charge in [-0.1, -0.05) is 13.8 Å². The van der Waals surface area contributed by atoms with E-state index in [1.165, 1.54) is 0 Å². The van der Waals surface area contributed by atoms with Gasteiger partial charge in [0.2, 0.25) is 0 Å². The van der Waals surface area contributed by atoms with Crippen molar-refractivity contribution in [1.29, 1.82) is 0 Å². The first-order valence-electron chi connectivity index (χ1n) is 6.75. The van der Waals surface area contributed by atoms with Crippen LogP contribution in [0.25, 0.3) is 0 Å². The number of hydrogen-bond donors (Lipinski definition) is 2. The number of hydrogen-bond acceptors (Lipinski definition) is 5. The van der Waals surface area contributed by atoms with Crippen molar-refractivity contribution in [3.8, 4) is 0 Å². The second-order valence-corrected chi connectivity index (χ2v) is 5.33. The summed E-state index contributed by atoms with van der Waals surface area (Å²) in [7, 11) is 1.93. The lowest BCUT2D eigenvalue weighted by Crippen LogP contribution is -2.10. The molecule has 0 spiro atoms. The summed E-state index contributed by atoms with van der Waals surface area (Å²) in [5, 5.41) is 7.57. The van der Waals surface area contributed by atoms with E-state index in [9.17, 15) is 0 Å². The molecule has 0 atom stereocenters. The van der Waals surface area contributed by atoms with Crippen molar-refractivity contribution >= 4 is 11.6 Å².